The first-order valence-corrected chi connectivity index (χ1v) is 10.0. The Bertz CT molecular complexity index is 686. The first-order chi connectivity index (χ1) is 12.1. The van der Waals surface area contributed by atoms with Gasteiger partial charge in [-0.2, -0.15) is 0 Å². The maximum Gasteiger partial charge on any atom is 0.165 e. The van der Waals surface area contributed by atoms with Crippen LogP contribution in [-0.2, 0) is 14.4 Å². The number of hydrogen-bond acceptors (Lipinski definition) is 5. The summed E-state index contributed by atoms with van der Waals surface area (Å²) in [6.07, 6.45) is 2.98. The Morgan fingerprint density at radius 3 is 2.35 bits per heavy atom. The Hall–Kier alpha value is -1.07. The molecule has 0 saturated heterocycles. The highest BCUT2D eigenvalue weighted by Crippen LogP contribution is 2.67. The van der Waals surface area contributed by atoms with Crippen LogP contribution in [0.4, 0.5) is 0 Å². The fourth-order valence-corrected chi connectivity index (χ4v) is 7.38. The van der Waals surface area contributed by atoms with Crippen LogP contribution < -0.4 is 0 Å². The number of fused-ring (bicyclic) bond motifs is 5. The molecule has 0 aromatic heterocycles. The highest BCUT2D eigenvalue weighted by molar-refractivity contribution is 5.91. The lowest BCUT2D eigenvalue weighted by Gasteiger charge is -2.60. The number of aliphatic hydroxyl groups excluding tert-OH is 1. The van der Waals surface area contributed by atoms with Crippen molar-refractivity contribution in [1.82, 2.24) is 0 Å². The summed E-state index contributed by atoms with van der Waals surface area (Å²) in [5, 5.41) is 21.9. The van der Waals surface area contributed by atoms with Gasteiger partial charge in [-0.05, 0) is 56.3 Å². The summed E-state index contributed by atoms with van der Waals surface area (Å²) in [7, 11) is 0. The molecule has 4 saturated carbocycles. The van der Waals surface area contributed by atoms with Crippen molar-refractivity contribution in [2.24, 2.45) is 34.5 Å². The van der Waals surface area contributed by atoms with Gasteiger partial charge in [-0.1, -0.05) is 13.8 Å². The molecule has 0 aliphatic heterocycles. The molecule has 4 aliphatic rings. The zero-order chi connectivity index (χ0) is 19.1. The molecule has 5 heteroatoms. The first-order valence-electron chi connectivity index (χ1n) is 10.0. The molecule has 4 rings (SSSR count). The molecule has 26 heavy (non-hydrogen) atoms. The maximum absolute atomic E-state index is 13.2. The van der Waals surface area contributed by atoms with E-state index in [9.17, 15) is 24.6 Å². The molecule has 0 aromatic carbocycles. The van der Waals surface area contributed by atoms with E-state index >= 15 is 0 Å². The Labute approximate surface area is 154 Å². The first kappa shape index (κ1) is 18.3. The van der Waals surface area contributed by atoms with Crippen LogP contribution in [0.1, 0.15) is 65.7 Å². The van der Waals surface area contributed by atoms with Crippen LogP contribution in [0.15, 0.2) is 0 Å². The summed E-state index contributed by atoms with van der Waals surface area (Å²) in [4.78, 5) is 37.4. The van der Waals surface area contributed by atoms with Crippen LogP contribution >= 0.6 is 0 Å². The van der Waals surface area contributed by atoms with E-state index in [2.05, 4.69) is 6.92 Å². The summed E-state index contributed by atoms with van der Waals surface area (Å²) in [5.41, 5.74) is -2.19. The van der Waals surface area contributed by atoms with Crippen molar-refractivity contribution in [1.29, 1.82) is 0 Å². The third kappa shape index (κ3) is 2.02. The molecule has 144 valence electrons. The Balaban J connectivity index is 1.76. The number of aliphatic hydroxyl groups is 2. The fourth-order valence-electron chi connectivity index (χ4n) is 7.38. The van der Waals surface area contributed by atoms with Crippen LogP contribution in [0.25, 0.3) is 0 Å². The van der Waals surface area contributed by atoms with Crippen LogP contribution in [-0.4, -0.2) is 39.3 Å². The molecule has 4 aliphatic carbocycles. The molecular weight excluding hydrogens is 332 g/mol. The molecule has 8 atom stereocenters. The summed E-state index contributed by atoms with van der Waals surface area (Å²) >= 11 is 0. The van der Waals surface area contributed by atoms with Gasteiger partial charge in [-0.15, -0.1) is 0 Å². The van der Waals surface area contributed by atoms with Gasteiger partial charge in [0, 0.05) is 30.1 Å². The fraction of sp³-hybridized carbons (Fsp3) is 0.857. The molecule has 0 heterocycles. The summed E-state index contributed by atoms with van der Waals surface area (Å²) in [5.74, 6) is -0.767. The van der Waals surface area contributed by atoms with Gasteiger partial charge >= 0.3 is 0 Å². The Morgan fingerprint density at radius 2 is 1.69 bits per heavy atom. The van der Waals surface area contributed by atoms with Gasteiger partial charge in [-0.3, -0.25) is 14.4 Å². The molecular formula is C21H30O5. The van der Waals surface area contributed by atoms with E-state index in [0.29, 0.717) is 32.1 Å². The van der Waals surface area contributed by atoms with E-state index < -0.39 is 17.1 Å². The second-order valence-corrected chi connectivity index (χ2v) is 9.85. The third-order valence-electron chi connectivity index (χ3n) is 9.09. The van der Waals surface area contributed by atoms with Gasteiger partial charge in [-0.25, -0.2) is 0 Å². The standard InChI is InChI=1S/C21H30O5/c1-11(22)21(26)9-6-14-16-13(5-8-20(14,21)3)19(2)7-4-12(23)10-15(19)17(24)18(16)25/h13-17,24,26H,4-10H2,1-3H3/t13-,14-,15+,16+,17+,19+,20-,21-/m0/s1. The van der Waals surface area contributed by atoms with Crippen LogP contribution in [0.5, 0.6) is 0 Å². The molecule has 0 bridgehead atoms. The summed E-state index contributed by atoms with van der Waals surface area (Å²) in [6, 6.07) is 0. The molecule has 2 N–H and O–H groups in total. The minimum atomic E-state index is -1.37. The van der Waals surface area contributed by atoms with Crippen molar-refractivity contribution >= 4 is 17.3 Å². The van der Waals surface area contributed by atoms with Gasteiger partial charge in [0.25, 0.3) is 0 Å². The molecule has 0 aromatic rings. The largest absolute Gasteiger partial charge is 0.385 e. The zero-order valence-electron chi connectivity index (χ0n) is 16.0. The van der Waals surface area contributed by atoms with Crippen LogP contribution in [0, 0.1) is 34.5 Å². The number of ketones is 3. The lowest BCUT2D eigenvalue weighted by atomic mass is 9.43. The lowest BCUT2D eigenvalue weighted by molar-refractivity contribution is -0.189. The normalized spacial score (nSPS) is 53.7. The van der Waals surface area contributed by atoms with Crippen molar-refractivity contribution in [3.05, 3.63) is 0 Å². The SMILES string of the molecule is CC(=O)[C@@]1(O)CC[C@H]2[C@@H]3C(=O)[C@H](O)[C@H]4CC(=O)CC[C@]4(C)[C@H]3CC[C@@]21C. The molecule has 5 nitrogen and oxygen atoms in total. The quantitative estimate of drug-likeness (QED) is 0.745. The van der Waals surface area contributed by atoms with Crippen LogP contribution in [0.2, 0.25) is 0 Å². The summed E-state index contributed by atoms with van der Waals surface area (Å²) in [6.45, 7) is 5.55. The average Bonchev–Trinajstić information content (AvgIpc) is 2.87. The second kappa shape index (κ2) is 5.48. The molecule has 0 amide bonds. The minimum absolute atomic E-state index is 0.0762. The van der Waals surface area contributed by atoms with E-state index in [1.807, 2.05) is 6.92 Å². The average molecular weight is 362 g/mol. The van der Waals surface area contributed by atoms with Crippen molar-refractivity contribution in [3.63, 3.8) is 0 Å². The number of carbonyl (C=O) groups excluding carboxylic acids is 3. The maximum atomic E-state index is 13.2. The van der Waals surface area contributed by atoms with Crippen LogP contribution in [0.3, 0.4) is 0 Å². The third-order valence-corrected chi connectivity index (χ3v) is 9.09. The van der Waals surface area contributed by atoms with E-state index in [4.69, 9.17) is 0 Å². The van der Waals surface area contributed by atoms with Gasteiger partial charge in [0.05, 0.1) is 0 Å². The van der Waals surface area contributed by atoms with E-state index in [0.717, 1.165) is 12.8 Å². The number of carbonyl (C=O) groups is 3. The Morgan fingerprint density at radius 1 is 1.04 bits per heavy atom. The van der Waals surface area contributed by atoms with E-state index in [-0.39, 0.29) is 46.4 Å². The predicted molar refractivity (Wildman–Crippen MR) is 94.1 cm³/mol. The Kier molecular flexibility index (Phi) is 3.86. The molecule has 0 unspecified atom stereocenters. The van der Waals surface area contributed by atoms with E-state index in [1.165, 1.54) is 6.92 Å². The van der Waals surface area contributed by atoms with Crippen molar-refractivity contribution < 1.29 is 24.6 Å². The zero-order valence-corrected chi connectivity index (χ0v) is 16.0. The number of rotatable bonds is 1. The van der Waals surface area contributed by atoms with Gasteiger partial charge in [0.1, 0.15) is 17.5 Å². The smallest absolute Gasteiger partial charge is 0.165 e. The number of Topliss-reactive ketones (excluding diaryl/α,β-unsaturated/α-hetero) is 3. The second-order valence-electron chi connectivity index (χ2n) is 9.85. The highest BCUT2D eigenvalue weighted by Gasteiger charge is 2.69. The number of hydrogen-bond donors (Lipinski definition) is 2. The van der Waals surface area contributed by atoms with Gasteiger partial charge < -0.3 is 10.2 Å². The molecule has 4 fully saturated rings. The lowest BCUT2D eigenvalue weighted by Crippen LogP contribution is -2.64. The van der Waals surface area contributed by atoms with Crippen molar-refractivity contribution in [2.45, 2.75) is 77.4 Å². The van der Waals surface area contributed by atoms with Crippen molar-refractivity contribution in [2.75, 3.05) is 0 Å². The topological polar surface area (TPSA) is 91.7 Å². The highest BCUT2D eigenvalue weighted by atomic mass is 16.3. The summed E-state index contributed by atoms with van der Waals surface area (Å²) < 4.78 is 0. The van der Waals surface area contributed by atoms with Gasteiger partial charge in [0.15, 0.2) is 11.6 Å². The molecule has 0 spiro atoms. The van der Waals surface area contributed by atoms with E-state index in [1.54, 1.807) is 0 Å². The van der Waals surface area contributed by atoms with Gasteiger partial charge in [0.2, 0.25) is 0 Å². The molecule has 0 radical (unpaired) electrons. The monoisotopic (exact) mass is 362 g/mol. The minimum Gasteiger partial charge on any atom is -0.385 e. The van der Waals surface area contributed by atoms with Crippen molar-refractivity contribution in [3.8, 4) is 0 Å². The predicted octanol–water partition coefficient (Wildman–Crippen LogP) is 2.07.